The molecular formula is C37H69N3O5. The van der Waals surface area contributed by atoms with Gasteiger partial charge in [0.05, 0.1) is 44.0 Å². The maximum atomic E-state index is 9.32. The highest BCUT2D eigenvalue weighted by Gasteiger charge is 2.30. The number of hydrogen-bond donors (Lipinski definition) is 3. The molecular weight excluding hydrogens is 566 g/mol. The number of hydrogen-bond acceptors (Lipinski definition) is 8. The maximum absolute atomic E-state index is 9.32. The van der Waals surface area contributed by atoms with E-state index in [2.05, 4.69) is 63.7 Å². The zero-order chi connectivity index (χ0) is 34.7. The van der Waals surface area contributed by atoms with Crippen LogP contribution in [0.25, 0.3) is 0 Å². The first-order valence-corrected chi connectivity index (χ1v) is 17.2. The van der Waals surface area contributed by atoms with Crippen molar-refractivity contribution in [1.82, 2.24) is 10.3 Å². The summed E-state index contributed by atoms with van der Waals surface area (Å²) in [4.78, 5) is 4.39. The summed E-state index contributed by atoms with van der Waals surface area (Å²) in [7, 11) is 0. The predicted octanol–water partition coefficient (Wildman–Crippen LogP) is 7.48. The van der Waals surface area contributed by atoms with Gasteiger partial charge < -0.3 is 35.1 Å². The fourth-order valence-corrected chi connectivity index (χ4v) is 4.24. The van der Waals surface area contributed by atoms with E-state index in [-0.39, 0.29) is 23.0 Å². The van der Waals surface area contributed by atoms with Crippen molar-refractivity contribution in [1.29, 1.82) is 0 Å². The minimum atomic E-state index is -0.213. The molecule has 8 nitrogen and oxygen atoms in total. The molecule has 1 saturated heterocycles. The van der Waals surface area contributed by atoms with E-state index in [4.69, 9.17) is 24.7 Å². The Kier molecular flexibility index (Phi) is 26.8. The molecule has 4 N–H and O–H groups in total. The van der Waals surface area contributed by atoms with Gasteiger partial charge in [0, 0.05) is 44.2 Å². The molecule has 2 aliphatic rings. The summed E-state index contributed by atoms with van der Waals surface area (Å²) in [6.45, 7) is 29.4. The number of rotatable bonds is 13. The van der Waals surface area contributed by atoms with Gasteiger partial charge in [-0.05, 0) is 70.4 Å². The van der Waals surface area contributed by atoms with Gasteiger partial charge in [-0.3, -0.25) is 0 Å². The van der Waals surface area contributed by atoms with Gasteiger partial charge in [0.25, 0.3) is 0 Å². The van der Waals surface area contributed by atoms with Gasteiger partial charge in [-0.25, -0.2) is 4.98 Å². The Morgan fingerprint density at radius 3 is 2.13 bits per heavy atom. The molecule has 1 unspecified atom stereocenters. The van der Waals surface area contributed by atoms with Gasteiger partial charge in [-0.1, -0.05) is 61.3 Å². The zero-order valence-corrected chi connectivity index (χ0v) is 30.9. The minimum absolute atomic E-state index is 0.0756. The predicted molar refractivity (Wildman–Crippen MR) is 189 cm³/mol. The second-order valence-electron chi connectivity index (χ2n) is 12.2. The van der Waals surface area contributed by atoms with Crippen molar-refractivity contribution in [2.24, 2.45) is 16.6 Å². The average molecular weight is 636 g/mol. The van der Waals surface area contributed by atoms with Crippen LogP contribution in [0.5, 0.6) is 5.75 Å². The molecule has 1 saturated carbocycles. The molecule has 262 valence electrons. The quantitative estimate of drug-likeness (QED) is 0.116. The Balaban J connectivity index is 0. The van der Waals surface area contributed by atoms with Crippen molar-refractivity contribution >= 4 is 0 Å². The van der Waals surface area contributed by atoms with Gasteiger partial charge in [0.1, 0.15) is 17.5 Å². The van der Waals surface area contributed by atoms with Crippen LogP contribution in [0.1, 0.15) is 121 Å². The van der Waals surface area contributed by atoms with Crippen LogP contribution in [0, 0.1) is 22.7 Å². The van der Waals surface area contributed by atoms with Gasteiger partial charge in [-0.15, -0.1) is 0 Å². The average Bonchev–Trinajstić information content (AvgIpc) is 2.98. The summed E-state index contributed by atoms with van der Waals surface area (Å²) in [5.41, 5.74) is 5.67. The number of aliphatic hydroxyl groups excluding tert-OH is 1. The summed E-state index contributed by atoms with van der Waals surface area (Å²) in [5.74, 6) is 7.32. The van der Waals surface area contributed by atoms with E-state index in [1.807, 2.05) is 53.7 Å². The highest BCUT2D eigenvalue weighted by atomic mass is 16.5. The Hall–Kier alpha value is -2.31. The maximum Gasteiger partial charge on any atom is 0.138 e. The third kappa shape index (κ3) is 23.7. The Morgan fingerprint density at radius 2 is 1.71 bits per heavy atom. The lowest BCUT2D eigenvalue weighted by atomic mass is 9.76. The van der Waals surface area contributed by atoms with E-state index in [0.717, 1.165) is 63.6 Å². The molecule has 1 aliphatic heterocycles. The van der Waals surface area contributed by atoms with Crippen LogP contribution in [0.15, 0.2) is 30.8 Å². The highest BCUT2D eigenvalue weighted by molar-refractivity contribution is 5.32. The van der Waals surface area contributed by atoms with Crippen molar-refractivity contribution in [3.63, 3.8) is 0 Å². The first kappa shape index (κ1) is 44.8. The lowest BCUT2D eigenvalue weighted by Crippen LogP contribution is -2.49. The number of ether oxygens (including phenoxy) is 4. The normalized spacial score (nSPS) is 17.8. The molecule has 2 heterocycles. The number of pyridine rings is 1. The van der Waals surface area contributed by atoms with Crippen LogP contribution in [-0.2, 0) is 14.2 Å². The van der Waals surface area contributed by atoms with Crippen molar-refractivity contribution in [3.05, 3.63) is 36.5 Å². The molecule has 8 heteroatoms. The van der Waals surface area contributed by atoms with Crippen molar-refractivity contribution < 1.29 is 24.1 Å². The summed E-state index contributed by atoms with van der Waals surface area (Å²) in [6, 6.07) is 3.80. The lowest BCUT2D eigenvalue weighted by Gasteiger charge is -2.35. The first-order valence-electron chi connectivity index (χ1n) is 17.2. The lowest BCUT2D eigenvalue weighted by molar-refractivity contribution is -0.0303. The summed E-state index contributed by atoms with van der Waals surface area (Å²) in [5, 5.41) is 12.6. The van der Waals surface area contributed by atoms with E-state index < -0.39 is 0 Å². The van der Waals surface area contributed by atoms with Crippen molar-refractivity contribution in [2.45, 2.75) is 140 Å². The van der Waals surface area contributed by atoms with E-state index in [1.165, 1.54) is 12.5 Å². The summed E-state index contributed by atoms with van der Waals surface area (Å²) in [6.07, 6.45) is 9.81. The molecule has 0 amide bonds. The largest absolute Gasteiger partial charge is 0.500 e. The number of aliphatic hydroxyl groups is 1. The molecule has 0 spiro atoms. The molecule has 0 bridgehead atoms. The van der Waals surface area contributed by atoms with Crippen LogP contribution in [0.3, 0.4) is 0 Å². The SMILES string of the molecule is CC.CC.CC(C)(C#Cc1ccc(OC2CC(O)C2)cn1)CC(C)(C)COC1CNC1.CCCO/C=C/N.CCOC(C)CC. The van der Waals surface area contributed by atoms with Crippen LogP contribution in [-0.4, -0.2) is 67.4 Å². The van der Waals surface area contributed by atoms with Gasteiger partial charge in [0.15, 0.2) is 0 Å². The topological polar surface area (TPSA) is 108 Å². The van der Waals surface area contributed by atoms with Gasteiger partial charge in [-0.2, -0.15) is 0 Å². The molecule has 3 rings (SSSR count). The molecule has 0 aromatic carbocycles. The summed E-state index contributed by atoms with van der Waals surface area (Å²) < 4.78 is 21.7. The fraction of sp³-hybridized carbons (Fsp3) is 0.757. The van der Waals surface area contributed by atoms with Crippen LogP contribution < -0.4 is 15.8 Å². The standard InChI is InChI=1S/C22H32N2O3.C6H14O.C5H11NO.2C2H6/c1-21(2,14-22(3,4)15-26-20-11-23-12-20)8-7-16-5-6-18(13-24-16)27-19-9-17(25)10-19;1-4-6(3)7-5-2;1-2-4-7-5-3-6;2*1-2/h5-6,13,17,19-20,23,25H,9-12,14-15H2,1-4H3;6H,4-5H2,1-3H3;3,5H,2,4,6H2,1H3;2*1-2H3/b;;5-3+;;. The van der Waals surface area contributed by atoms with Crippen molar-refractivity contribution in [3.8, 4) is 17.6 Å². The first-order chi connectivity index (χ1) is 21.4. The van der Waals surface area contributed by atoms with Crippen LogP contribution >= 0.6 is 0 Å². The minimum Gasteiger partial charge on any atom is -0.500 e. The molecule has 45 heavy (non-hydrogen) atoms. The molecule has 1 aliphatic carbocycles. The number of aromatic nitrogens is 1. The fourth-order valence-electron chi connectivity index (χ4n) is 4.24. The monoisotopic (exact) mass is 636 g/mol. The van der Waals surface area contributed by atoms with E-state index in [1.54, 1.807) is 6.20 Å². The Morgan fingerprint density at radius 1 is 1.07 bits per heavy atom. The molecule has 0 radical (unpaired) electrons. The highest BCUT2D eigenvalue weighted by Crippen LogP contribution is 2.34. The Labute approximate surface area is 277 Å². The third-order valence-corrected chi connectivity index (χ3v) is 6.54. The van der Waals surface area contributed by atoms with E-state index in [9.17, 15) is 5.11 Å². The van der Waals surface area contributed by atoms with Crippen LogP contribution in [0.4, 0.5) is 0 Å². The van der Waals surface area contributed by atoms with Gasteiger partial charge in [0.2, 0.25) is 0 Å². The van der Waals surface area contributed by atoms with Crippen LogP contribution in [0.2, 0.25) is 0 Å². The molecule has 2 fully saturated rings. The van der Waals surface area contributed by atoms with Gasteiger partial charge >= 0.3 is 0 Å². The molecule has 1 atom stereocenters. The smallest absolute Gasteiger partial charge is 0.138 e. The Bertz CT molecular complexity index is 899. The van der Waals surface area contributed by atoms with E-state index in [0.29, 0.717) is 25.0 Å². The molecule has 1 aromatic heterocycles. The number of nitrogens with two attached hydrogens (primary N) is 1. The number of nitrogens with one attached hydrogen (secondary N) is 1. The summed E-state index contributed by atoms with van der Waals surface area (Å²) >= 11 is 0. The second kappa shape index (κ2) is 26.9. The third-order valence-electron chi connectivity index (χ3n) is 6.54. The van der Waals surface area contributed by atoms with Crippen molar-refractivity contribution in [2.75, 3.05) is 32.9 Å². The molecule has 1 aromatic rings. The second-order valence-corrected chi connectivity index (χ2v) is 12.2. The van der Waals surface area contributed by atoms with E-state index >= 15 is 0 Å². The zero-order valence-electron chi connectivity index (χ0n) is 30.9. The number of nitrogens with zero attached hydrogens (tertiary/aromatic N) is 1.